The highest BCUT2D eigenvalue weighted by Gasteiger charge is 2.20. The molecule has 0 fully saturated rings. The molecule has 1 N–H and O–H groups in total. The molecule has 35 heavy (non-hydrogen) atoms. The summed E-state index contributed by atoms with van der Waals surface area (Å²) in [5, 5.41) is 20.1. The summed E-state index contributed by atoms with van der Waals surface area (Å²) in [5.74, 6) is 0.813. The fraction of sp³-hybridized carbons (Fsp3) is 0.192. The highest BCUT2D eigenvalue weighted by Crippen LogP contribution is 2.34. The van der Waals surface area contributed by atoms with E-state index in [0.717, 1.165) is 33.8 Å². The zero-order valence-corrected chi connectivity index (χ0v) is 20.6. The maximum absolute atomic E-state index is 12.2. The standard InChI is InChI=1S/C26H26N4O4S/c1-5-11-29-16-18(21-9-7-8-10-22(21)29)14-23(25(31)32)35-26-28-27-24(30(26)6-2)17-12-19(33-3)15-20(13-17)34-4/h5,7-10,12-16H,1,6,11H2,2-4H3,(H,31,32)/b23-14-. The molecule has 2 aromatic carbocycles. The number of allylic oxidation sites excluding steroid dienone is 1. The molecule has 0 saturated carbocycles. The second kappa shape index (κ2) is 10.5. The molecular weight excluding hydrogens is 464 g/mol. The topological polar surface area (TPSA) is 91.4 Å². The van der Waals surface area contributed by atoms with Crippen LogP contribution in [0.2, 0.25) is 0 Å². The van der Waals surface area contributed by atoms with E-state index in [1.807, 2.05) is 64.7 Å². The van der Waals surface area contributed by atoms with Crippen LogP contribution in [0.25, 0.3) is 28.4 Å². The number of thioether (sulfide) groups is 1. The second-order valence-corrected chi connectivity index (χ2v) is 8.62. The highest BCUT2D eigenvalue weighted by molar-refractivity contribution is 8.04. The van der Waals surface area contributed by atoms with Gasteiger partial charge in [-0.05, 0) is 43.0 Å². The molecule has 0 saturated heterocycles. The van der Waals surface area contributed by atoms with Gasteiger partial charge in [0.05, 0.1) is 14.2 Å². The van der Waals surface area contributed by atoms with Gasteiger partial charge in [0.2, 0.25) is 0 Å². The summed E-state index contributed by atoms with van der Waals surface area (Å²) in [6.45, 7) is 6.95. The Labute approximate surface area is 207 Å². The minimum atomic E-state index is -1.04. The van der Waals surface area contributed by atoms with E-state index >= 15 is 0 Å². The van der Waals surface area contributed by atoms with Crippen LogP contribution in [-0.2, 0) is 17.9 Å². The largest absolute Gasteiger partial charge is 0.497 e. The first-order chi connectivity index (χ1) is 17.0. The van der Waals surface area contributed by atoms with Gasteiger partial charge >= 0.3 is 5.97 Å². The van der Waals surface area contributed by atoms with E-state index in [1.54, 1.807) is 26.4 Å². The molecule has 0 aliphatic carbocycles. The molecule has 2 aromatic heterocycles. The van der Waals surface area contributed by atoms with Crippen LogP contribution < -0.4 is 9.47 Å². The monoisotopic (exact) mass is 490 g/mol. The molecule has 0 radical (unpaired) electrons. The number of carboxylic acid groups (broad SMARTS) is 1. The van der Waals surface area contributed by atoms with Crippen molar-refractivity contribution >= 4 is 34.7 Å². The molecule has 0 spiro atoms. The summed E-state index contributed by atoms with van der Waals surface area (Å²) in [6, 6.07) is 13.3. The molecule has 0 amide bonds. The number of para-hydroxylation sites is 1. The molecule has 180 valence electrons. The third-order valence-electron chi connectivity index (χ3n) is 5.49. The Morgan fingerprint density at radius 1 is 1.14 bits per heavy atom. The Bertz CT molecular complexity index is 1400. The van der Waals surface area contributed by atoms with Crippen LogP contribution in [0.15, 0.2) is 71.4 Å². The molecular formula is C26H26N4O4S. The molecule has 4 aromatic rings. The van der Waals surface area contributed by atoms with Crippen LogP contribution in [0.4, 0.5) is 0 Å². The SMILES string of the molecule is C=CCn1cc(/C=C(\Sc2nnc(-c3cc(OC)cc(OC)c3)n2CC)C(=O)O)c2ccccc21. The summed E-state index contributed by atoms with van der Waals surface area (Å²) in [7, 11) is 3.17. The summed E-state index contributed by atoms with van der Waals surface area (Å²) >= 11 is 1.07. The van der Waals surface area contributed by atoms with Crippen molar-refractivity contribution < 1.29 is 19.4 Å². The number of hydrogen-bond donors (Lipinski definition) is 1. The molecule has 0 aliphatic rings. The summed E-state index contributed by atoms with van der Waals surface area (Å²) < 4.78 is 14.7. The van der Waals surface area contributed by atoms with Crippen LogP contribution >= 0.6 is 11.8 Å². The van der Waals surface area contributed by atoms with Gasteiger partial charge in [-0.3, -0.25) is 0 Å². The molecule has 8 nitrogen and oxygen atoms in total. The third-order valence-corrected chi connectivity index (χ3v) is 6.48. The van der Waals surface area contributed by atoms with E-state index in [4.69, 9.17) is 9.47 Å². The van der Waals surface area contributed by atoms with Gasteiger partial charge in [0.1, 0.15) is 16.4 Å². The Morgan fingerprint density at radius 2 is 1.86 bits per heavy atom. The number of benzene rings is 2. The maximum Gasteiger partial charge on any atom is 0.342 e. The second-order valence-electron chi connectivity index (χ2n) is 7.61. The van der Waals surface area contributed by atoms with Gasteiger partial charge in [-0.25, -0.2) is 4.79 Å². The van der Waals surface area contributed by atoms with E-state index in [9.17, 15) is 9.90 Å². The van der Waals surface area contributed by atoms with Gasteiger partial charge in [0, 0.05) is 47.4 Å². The average Bonchev–Trinajstić information content (AvgIpc) is 3.44. The van der Waals surface area contributed by atoms with Gasteiger partial charge < -0.3 is 23.7 Å². The number of methoxy groups -OCH3 is 2. The van der Waals surface area contributed by atoms with Crippen LogP contribution in [0, 0.1) is 0 Å². The zero-order chi connectivity index (χ0) is 24.9. The van der Waals surface area contributed by atoms with E-state index < -0.39 is 5.97 Å². The van der Waals surface area contributed by atoms with Crippen molar-refractivity contribution in [3.05, 3.63) is 71.8 Å². The van der Waals surface area contributed by atoms with Crippen molar-refractivity contribution in [3.8, 4) is 22.9 Å². The molecule has 0 bridgehead atoms. The fourth-order valence-electron chi connectivity index (χ4n) is 3.85. The predicted molar refractivity (Wildman–Crippen MR) is 138 cm³/mol. The number of nitrogens with zero attached hydrogens (tertiary/aromatic N) is 4. The Hall–Kier alpha value is -3.98. The van der Waals surface area contributed by atoms with Crippen molar-refractivity contribution in [2.75, 3.05) is 14.2 Å². The number of aromatic nitrogens is 4. The first-order valence-electron chi connectivity index (χ1n) is 11.0. The highest BCUT2D eigenvalue weighted by atomic mass is 32.2. The number of carboxylic acids is 1. The number of fused-ring (bicyclic) bond motifs is 1. The molecule has 0 unspecified atom stereocenters. The average molecular weight is 491 g/mol. The number of rotatable bonds is 10. The van der Waals surface area contributed by atoms with Crippen LogP contribution in [0.3, 0.4) is 0 Å². The van der Waals surface area contributed by atoms with Crippen LogP contribution in [0.5, 0.6) is 11.5 Å². The Balaban J connectivity index is 1.75. The van der Waals surface area contributed by atoms with Crippen molar-refractivity contribution in [1.82, 2.24) is 19.3 Å². The van der Waals surface area contributed by atoms with Gasteiger partial charge in [-0.15, -0.1) is 16.8 Å². The Morgan fingerprint density at radius 3 is 2.49 bits per heavy atom. The lowest BCUT2D eigenvalue weighted by molar-refractivity contribution is -0.131. The lowest BCUT2D eigenvalue weighted by atomic mass is 10.1. The van der Waals surface area contributed by atoms with Gasteiger partial charge in [0.25, 0.3) is 0 Å². The van der Waals surface area contributed by atoms with E-state index in [0.29, 0.717) is 35.6 Å². The maximum atomic E-state index is 12.2. The smallest absolute Gasteiger partial charge is 0.342 e. The lowest BCUT2D eigenvalue weighted by Crippen LogP contribution is -2.03. The van der Waals surface area contributed by atoms with Crippen molar-refractivity contribution in [3.63, 3.8) is 0 Å². The fourth-order valence-corrected chi connectivity index (χ4v) is 4.73. The number of aliphatic carboxylic acids is 1. The first kappa shape index (κ1) is 24.2. The van der Waals surface area contributed by atoms with E-state index in [-0.39, 0.29) is 4.91 Å². The quantitative estimate of drug-likeness (QED) is 0.182. The summed E-state index contributed by atoms with van der Waals surface area (Å²) in [4.78, 5) is 12.4. The Kier molecular flexibility index (Phi) is 7.26. The molecule has 9 heteroatoms. The van der Waals surface area contributed by atoms with Gasteiger partial charge in [0.15, 0.2) is 11.0 Å². The first-order valence-corrected chi connectivity index (χ1v) is 11.8. The number of carbonyl (C=O) groups is 1. The van der Waals surface area contributed by atoms with E-state index in [1.165, 1.54) is 0 Å². The van der Waals surface area contributed by atoms with Crippen molar-refractivity contribution in [1.29, 1.82) is 0 Å². The van der Waals surface area contributed by atoms with Gasteiger partial charge in [-0.1, -0.05) is 24.3 Å². The van der Waals surface area contributed by atoms with Crippen LogP contribution in [0.1, 0.15) is 12.5 Å². The van der Waals surface area contributed by atoms with E-state index in [2.05, 4.69) is 16.8 Å². The molecule has 0 aliphatic heterocycles. The number of hydrogen-bond acceptors (Lipinski definition) is 6. The zero-order valence-electron chi connectivity index (χ0n) is 19.8. The van der Waals surface area contributed by atoms with Gasteiger partial charge in [-0.2, -0.15) is 0 Å². The molecule has 2 heterocycles. The van der Waals surface area contributed by atoms with Crippen LogP contribution in [-0.4, -0.2) is 44.6 Å². The minimum Gasteiger partial charge on any atom is -0.497 e. The summed E-state index contributed by atoms with van der Waals surface area (Å²) in [6.07, 6.45) is 5.43. The lowest BCUT2D eigenvalue weighted by Gasteiger charge is -2.10. The normalized spacial score (nSPS) is 11.6. The molecule has 0 atom stereocenters. The predicted octanol–water partition coefficient (Wildman–Crippen LogP) is 5.34. The third kappa shape index (κ3) is 4.95. The molecule has 4 rings (SSSR count). The summed E-state index contributed by atoms with van der Waals surface area (Å²) in [5.41, 5.74) is 2.59. The minimum absolute atomic E-state index is 0.142. The van der Waals surface area contributed by atoms with Crippen molar-refractivity contribution in [2.24, 2.45) is 0 Å². The number of ether oxygens (including phenoxy) is 2. The van der Waals surface area contributed by atoms with Crippen molar-refractivity contribution in [2.45, 2.75) is 25.2 Å².